The lowest BCUT2D eigenvalue weighted by molar-refractivity contribution is -0.120. The number of hydrogen-bond donors (Lipinski definition) is 2. The zero-order chi connectivity index (χ0) is 12.8. The van der Waals surface area contributed by atoms with Gasteiger partial charge in [-0.3, -0.25) is 4.79 Å². The van der Waals surface area contributed by atoms with E-state index in [1.165, 1.54) is 19.3 Å². The van der Waals surface area contributed by atoms with E-state index in [-0.39, 0.29) is 5.91 Å². The molecule has 0 heterocycles. The van der Waals surface area contributed by atoms with Crippen LogP contribution in [0.5, 0.6) is 0 Å². The van der Waals surface area contributed by atoms with Crippen molar-refractivity contribution in [3.05, 3.63) is 35.9 Å². The molecule has 0 spiro atoms. The summed E-state index contributed by atoms with van der Waals surface area (Å²) >= 11 is 0. The molecule has 0 radical (unpaired) electrons. The average Bonchev–Trinajstić information content (AvgIpc) is 2.81. The van der Waals surface area contributed by atoms with Crippen molar-refractivity contribution in [2.45, 2.75) is 38.8 Å². The number of carbonyl (C=O) groups excluding carboxylic acids is 1. The first kappa shape index (κ1) is 13.1. The minimum Gasteiger partial charge on any atom is -0.351 e. The maximum Gasteiger partial charge on any atom is 0.234 e. The molecule has 2 unspecified atom stereocenters. The zero-order valence-corrected chi connectivity index (χ0v) is 11.0. The summed E-state index contributed by atoms with van der Waals surface area (Å²) in [4.78, 5) is 11.7. The van der Waals surface area contributed by atoms with Crippen molar-refractivity contribution >= 4 is 5.91 Å². The normalized spacial score (nSPS) is 22.9. The second kappa shape index (κ2) is 6.55. The first-order valence-electron chi connectivity index (χ1n) is 6.78. The van der Waals surface area contributed by atoms with Gasteiger partial charge in [-0.15, -0.1) is 0 Å². The zero-order valence-electron chi connectivity index (χ0n) is 11.0. The summed E-state index contributed by atoms with van der Waals surface area (Å²) < 4.78 is 0. The minimum absolute atomic E-state index is 0.0819. The SMILES string of the molecule is CC1CCC(NCC(=O)NCc2ccccc2)C1. The number of rotatable bonds is 5. The maximum absolute atomic E-state index is 11.7. The Balaban J connectivity index is 1.63. The van der Waals surface area contributed by atoms with Crippen LogP contribution in [0.4, 0.5) is 0 Å². The predicted molar refractivity (Wildman–Crippen MR) is 73.1 cm³/mol. The van der Waals surface area contributed by atoms with Crippen LogP contribution >= 0.6 is 0 Å². The van der Waals surface area contributed by atoms with Gasteiger partial charge in [0.2, 0.25) is 5.91 Å². The van der Waals surface area contributed by atoms with Gasteiger partial charge >= 0.3 is 0 Å². The van der Waals surface area contributed by atoms with Crippen LogP contribution in [0.1, 0.15) is 31.7 Å². The highest BCUT2D eigenvalue weighted by Gasteiger charge is 2.20. The summed E-state index contributed by atoms with van der Waals surface area (Å²) in [5, 5.41) is 6.27. The van der Waals surface area contributed by atoms with Gasteiger partial charge in [0.25, 0.3) is 0 Å². The van der Waals surface area contributed by atoms with Gasteiger partial charge in [-0.05, 0) is 30.7 Å². The van der Waals surface area contributed by atoms with E-state index in [0.29, 0.717) is 19.1 Å². The van der Waals surface area contributed by atoms with Crippen molar-refractivity contribution in [2.75, 3.05) is 6.54 Å². The Hall–Kier alpha value is -1.35. The molecular formula is C15H22N2O. The van der Waals surface area contributed by atoms with E-state index in [9.17, 15) is 4.79 Å². The quantitative estimate of drug-likeness (QED) is 0.835. The summed E-state index contributed by atoms with van der Waals surface area (Å²) in [6.45, 7) is 3.32. The molecule has 0 aromatic heterocycles. The van der Waals surface area contributed by atoms with E-state index >= 15 is 0 Å². The lowest BCUT2D eigenvalue weighted by Crippen LogP contribution is -2.37. The van der Waals surface area contributed by atoms with Gasteiger partial charge in [0, 0.05) is 12.6 Å². The Morgan fingerprint density at radius 1 is 1.28 bits per heavy atom. The second-order valence-electron chi connectivity index (χ2n) is 5.26. The minimum atomic E-state index is 0.0819. The predicted octanol–water partition coefficient (Wildman–Crippen LogP) is 2.08. The molecule has 0 bridgehead atoms. The van der Waals surface area contributed by atoms with Crippen LogP contribution in [0.3, 0.4) is 0 Å². The average molecular weight is 246 g/mol. The largest absolute Gasteiger partial charge is 0.351 e. The molecule has 1 amide bonds. The standard InChI is InChI=1S/C15H22N2O/c1-12-7-8-14(9-12)16-11-15(18)17-10-13-5-3-2-4-6-13/h2-6,12,14,16H,7-11H2,1H3,(H,17,18). The lowest BCUT2D eigenvalue weighted by Gasteiger charge is -2.12. The van der Waals surface area contributed by atoms with Crippen LogP contribution in [0.2, 0.25) is 0 Å². The molecule has 3 nitrogen and oxygen atoms in total. The van der Waals surface area contributed by atoms with Crippen LogP contribution < -0.4 is 10.6 Å². The first-order valence-corrected chi connectivity index (χ1v) is 6.78. The molecule has 1 aromatic rings. The Morgan fingerprint density at radius 2 is 2.06 bits per heavy atom. The molecule has 1 saturated carbocycles. The van der Waals surface area contributed by atoms with Gasteiger partial charge in [-0.2, -0.15) is 0 Å². The van der Waals surface area contributed by atoms with Crippen molar-refractivity contribution in [1.29, 1.82) is 0 Å². The third kappa shape index (κ3) is 4.15. The highest BCUT2D eigenvalue weighted by molar-refractivity contribution is 5.78. The molecule has 2 rings (SSSR count). The molecule has 1 fully saturated rings. The third-order valence-electron chi connectivity index (χ3n) is 3.58. The van der Waals surface area contributed by atoms with Gasteiger partial charge in [0.15, 0.2) is 0 Å². The Labute approximate surface area is 109 Å². The molecule has 18 heavy (non-hydrogen) atoms. The topological polar surface area (TPSA) is 41.1 Å². The first-order chi connectivity index (χ1) is 8.74. The summed E-state index contributed by atoms with van der Waals surface area (Å²) in [7, 11) is 0. The van der Waals surface area contributed by atoms with Crippen molar-refractivity contribution in [2.24, 2.45) is 5.92 Å². The monoisotopic (exact) mass is 246 g/mol. The lowest BCUT2D eigenvalue weighted by atomic mass is 10.1. The molecule has 1 aliphatic carbocycles. The molecular weight excluding hydrogens is 224 g/mol. The molecule has 1 aromatic carbocycles. The fraction of sp³-hybridized carbons (Fsp3) is 0.533. The van der Waals surface area contributed by atoms with E-state index in [1.54, 1.807) is 0 Å². The fourth-order valence-electron chi connectivity index (χ4n) is 2.49. The molecule has 1 aliphatic rings. The summed E-state index contributed by atoms with van der Waals surface area (Å²) in [5.41, 5.74) is 1.14. The second-order valence-corrected chi connectivity index (χ2v) is 5.26. The van der Waals surface area contributed by atoms with Gasteiger partial charge in [0.1, 0.15) is 0 Å². The van der Waals surface area contributed by atoms with E-state index in [4.69, 9.17) is 0 Å². The number of carbonyl (C=O) groups is 1. The number of amides is 1. The van der Waals surface area contributed by atoms with Crippen LogP contribution in [-0.4, -0.2) is 18.5 Å². The van der Waals surface area contributed by atoms with E-state index in [1.807, 2.05) is 30.3 Å². The van der Waals surface area contributed by atoms with E-state index in [2.05, 4.69) is 17.6 Å². The number of nitrogens with one attached hydrogen (secondary N) is 2. The number of hydrogen-bond acceptors (Lipinski definition) is 2. The van der Waals surface area contributed by atoms with Crippen LogP contribution in [0.15, 0.2) is 30.3 Å². The van der Waals surface area contributed by atoms with Crippen LogP contribution in [0.25, 0.3) is 0 Å². The molecule has 3 heteroatoms. The molecule has 98 valence electrons. The summed E-state index contributed by atoms with van der Waals surface area (Å²) in [6, 6.07) is 10.5. The molecule has 2 atom stereocenters. The summed E-state index contributed by atoms with van der Waals surface area (Å²) in [5.74, 6) is 0.883. The van der Waals surface area contributed by atoms with Gasteiger partial charge < -0.3 is 10.6 Å². The van der Waals surface area contributed by atoms with Gasteiger partial charge in [0.05, 0.1) is 6.54 Å². The number of benzene rings is 1. The van der Waals surface area contributed by atoms with Crippen molar-refractivity contribution < 1.29 is 4.79 Å². The van der Waals surface area contributed by atoms with Crippen LogP contribution in [-0.2, 0) is 11.3 Å². The highest BCUT2D eigenvalue weighted by atomic mass is 16.1. The maximum atomic E-state index is 11.7. The van der Waals surface area contributed by atoms with Gasteiger partial charge in [-0.25, -0.2) is 0 Å². The third-order valence-corrected chi connectivity index (χ3v) is 3.58. The summed E-state index contributed by atoms with van der Waals surface area (Å²) in [6.07, 6.45) is 3.68. The van der Waals surface area contributed by atoms with Crippen molar-refractivity contribution in [1.82, 2.24) is 10.6 Å². The van der Waals surface area contributed by atoms with Crippen molar-refractivity contribution in [3.8, 4) is 0 Å². The fourth-order valence-corrected chi connectivity index (χ4v) is 2.49. The highest BCUT2D eigenvalue weighted by Crippen LogP contribution is 2.24. The Morgan fingerprint density at radius 3 is 2.72 bits per heavy atom. The van der Waals surface area contributed by atoms with Crippen molar-refractivity contribution in [3.63, 3.8) is 0 Å². The Kier molecular flexibility index (Phi) is 4.76. The Bertz CT molecular complexity index is 377. The van der Waals surface area contributed by atoms with E-state index < -0.39 is 0 Å². The van der Waals surface area contributed by atoms with Crippen LogP contribution in [0, 0.1) is 5.92 Å². The van der Waals surface area contributed by atoms with Gasteiger partial charge in [-0.1, -0.05) is 37.3 Å². The molecule has 0 saturated heterocycles. The molecule has 0 aliphatic heterocycles. The molecule has 2 N–H and O–H groups in total. The van der Waals surface area contributed by atoms with E-state index in [0.717, 1.165) is 11.5 Å². The smallest absolute Gasteiger partial charge is 0.234 e.